The molecule has 1 unspecified atom stereocenters. The second kappa shape index (κ2) is 66.4. The van der Waals surface area contributed by atoms with Crippen molar-refractivity contribution in [1.29, 1.82) is 0 Å². The molecule has 0 saturated heterocycles. The van der Waals surface area contributed by atoms with Gasteiger partial charge >= 0.3 is 17.9 Å². The summed E-state index contributed by atoms with van der Waals surface area (Å²) in [6, 6.07) is 0. The number of hydrogen-bond donors (Lipinski definition) is 0. The minimum atomic E-state index is -0.771. The largest absolute Gasteiger partial charge is 0.462 e. The second-order valence-electron chi connectivity index (χ2n) is 23.8. The summed E-state index contributed by atoms with van der Waals surface area (Å²) < 4.78 is 17.0. The molecule has 0 radical (unpaired) electrons. The normalized spacial score (nSPS) is 12.1. The van der Waals surface area contributed by atoms with E-state index in [1.54, 1.807) is 0 Å². The molecule has 0 amide bonds. The van der Waals surface area contributed by atoms with Crippen molar-refractivity contribution in [2.45, 2.75) is 399 Å². The number of esters is 3. The first-order valence-electron chi connectivity index (χ1n) is 34.8. The quantitative estimate of drug-likeness (QED) is 0.0261. The van der Waals surface area contributed by atoms with Gasteiger partial charge < -0.3 is 14.2 Å². The Kier molecular flexibility index (Phi) is 64.6. The Labute approximate surface area is 481 Å². The van der Waals surface area contributed by atoms with E-state index in [0.29, 0.717) is 19.3 Å². The van der Waals surface area contributed by atoms with Gasteiger partial charge in [0.1, 0.15) is 13.2 Å². The van der Waals surface area contributed by atoms with Crippen molar-refractivity contribution in [2.24, 2.45) is 0 Å². The first-order valence-corrected chi connectivity index (χ1v) is 34.8. The highest BCUT2D eigenvalue weighted by Gasteiger charge is 2.19. The average molecular weight is 1080 g/mol. The van der Waals surface area contributed by atoms with Crippen LogP contribution in [0.5, 0.6) is 0 Å². The molecule has 454 valence electrons. The van der Waals surface area contributed by atoms with Gasteiger partial charge in [-0.05, 0) is 70.6 Å². The van der Waals surface area contributed by atoms with Crippen molar-refractivity contribution >= 4 is 17.9 Å². The van der Waals surface area contributed by atoms with E-state index < -0.39 is 6.10 Å². The molecule has 0 aromatic heterocycles. The van der Waals surface area contributed by atoms with E-state index in [1.165, 1.54) is 289 Å². The van der Waals surface area contributed by atoms with Gasteiger partial charge in [-0.15, -0.1) is 0 Å². The molecule has 0 bridgehead atoms. The Morgan fingerprint density at radius 1 is 0.247 bits per heavy atom. The van der Waals surface area contributed by atoms with E-state index in [-0.39, 0.29) is 31.1 Å². The van der Waals surface area contributed by atoms with Gasteiger partial charge in [-0.1, -0.05) is 328 Å². The number of unbranched alkanes of at least 4 members (excludes halogenated alkanes) is 50. The Morgan fingerprint density at radius 3 is 0.649 bits per heavy atom. The first-order chi connectivity index (χ1) is 38.0. The average Bonchev–Trinajstić information content (AvgIpc) is 3.43. The van der Waals surface area contributed by atoms with Gasteiger partial charge in [0.2, 0.25) is 0 Å². The summed E-state index contributed by atoms with van der Waals surface area (Å²) in [5.74, 6) is -0.846. The zero-order chi connectivity index (χ0) is 55.7. The van der Waals surface area contributed by atoms with Gasteiger partial charge in [0.15, 0.2) is 6.10 Å². The van der Waals surface area contributed by atoms with E-state index in [4.69, 9.17) is 14.2 Å². The molecule has 0 aliphatic carbocycles. The Morgan fingerprint density at radius 2 is 0.429 bits per heavy atom. The first kappa shape index (κ1) is 74.9. The molecule has 0 aliphatic heterocycles. The fraction of sp³-hybridized carbons (Fsp3) is 0.901. The third-order valence-corrected chi connectivity index (χ3v) is 15.9. The lowest BCUT2D eigenvalue weighted by Crippen LogP contribution is -2.30. The summed E-state index contributed by atoms with van der Waals surface area (Å²) in [6.07, 6.45) is 80.6. The lowest BCUT2D eigenvalue weighted by Gasteiger charge is -2.18. The Hall–Kier alpha value is -2.11. The lowest BCUT2D eigenvalue weighted by atomic mass is 10.0. The molecule has 0 aromatic carbocycles. The molecule has 0 aromatic rings. The molecule has 6 nitrogen and oxygen atoms in total. The minimum absolute atomic E-state index is 0.0679. The van der Waals surface area contributed by atoms with Gasteiger partial charge in [-0.2, -0.15) is 0 Å². The van der Waals surface area contributed by atoms with Gasteiger partial charge in [0, 0.05) is 19.3 Å². The van der Waals surface area contributed by atoms with Crippen molar-refractivity contribution in [3.63, 3.8) is 0 Å². The van der Waals surface area contributed by atoms with Gasteiger partial charge in [0.05, 0.1) is 0 Å². The predicted molar refractivity (Wildman–Crippen MR) is 335 cm³/mol. The Balaban J connectivity index is 4.21. The summed E-state index contributed by atoms with van der Waals surface area (Å²) in [5, 5.41) is 0. The van der Waals surface area contributed by atoms with Crippen molar-refractivity contribution < 1.29 is 28.6 Å². The summed E-state index contributed by atoms with van der Waals surface area (Å²) in [6.45, 7) is 6.70. The summed E-state index contributed by atoms with van der Waals surface area (Å²) in [7, 11) is 0. The third-order valence-electron chi connectivity index (χ3n) is 15.9. The molecule has 0 spiro atoms. The molecular formula is C71H134O6. The van der Waals surface area contributed by atoms with Crippen LogP contribution in [0.25, 0.3) is 0 Å². The van der Waals surface area contributed by atoms with Crippen LogP contribution in [-0.4, -0.2) is 37.2 Å². The van der Waals surface area contributed by atoms with Crippen molar-refractivity contribution in [3.05, 3.63) is 24.3 Å². The van der Waals surface area contributed by atoms with E-state index >= 15 is 0 Å². The highest BCUT2D eigenvalue weighted by molar-refractivity contribution is 5.71. The highest BCUT2D eigenvalue weighted by atomic mass is 16.6. The lowest BCUT2D eigenvalue weighted by molar-refractivity contribution is -0.167. The minimum Gasteiger partial charge on any atom is -0.462 e. The maximum Gasteiger partial charge on any atom is 0.306 e. The van der Waals surface area contributed by atoms with Crippen LogP contribution in [0.15, 0.2) is 24.3 Å². The number of allylic oxidation sites excluding steroid dienone is 4. The van der Waals surface area contributed by atoms with Crippen LogP contribution in [-0.2, 0) is 28.6 Å². The molecular weight excluding hydrogens is 949 g/mol. The number of hydrogen-bond acceptors (Lipinski definition) is 6. The van der Waals surface area contributed by atoms with Gasteiger partial charge in [0.25, 0.3) is 0 Å². The molecule has 0 fully saturated rings. The molecule has 0 saturated carbocycles. The number of carbonyl (C=O) groups excluding carboxylic acids is 3. The fourth-order valence-corrected chi connectivity index (χ4v) is 10.7. The maximum absolute atomic E-state index is 12.9. The molecule has 1 atom stereocenters. The van der Waals surface area contributed by atoms with E-state index in [9.17, 15) is 14.4 Å². The summed E-state index contributed by atoms with van der Waals surface area (Å²) >= 11 is 0. The Bertz CT molecular complexity index is 1240. The SMILES string of the molecule is CCCCCCC/C=C\CCCCCCCC(=O)OCC(COC(=O)CCCCCCCCCCCCCCCCC/C=C\CCCCCCCCCC)OC(=O)CCCCCCCCCCCCCCCCCCCC. The third kappa shape index (κ3) is 64.6. The predicted octanol–water partition coefficient (Wildman–Crippen LogP) is 23.8. The molecule has 0 aliphatic rings. The smallest absolute Gasteiger partial charge is 0.306 e. The standard InChI is InChI=1S/C71H134O6/c1-4-7-10-13-16-19-22-25-28-30-32-33-34-35-36-37-38-39-40-42-43-46-49-52-55-58-61-64-70(73)76-67-68(66-75-69(72)63-60-57-54-51-48-45-27-24-21-18-15-12-9-6-3)77-71(74)65-62-59-56-53-50-47-44-41-31-29-26-23-20-17-14-11-8-5-2/h24,27,30,32,68H,4-23,25-26,28-29,31,33-67H2,1-3H3/b27-24-,32-30-. The van der Waals surface area contributed by atoms with E-state index in [1.807, 2.05) is 0 Å². The molecule has 77 heavy (non-hydrogen) atoms. The van der Waals surface area contributed by atoms with Crippen LogP contribution in [0.3, 0.4) is 0 Å². The molecule has 0 rings (SSSR count). The highest BCUT2D eigenvalue weighted by Crippen LogP contribution is 2.18. The number of carbonyl (C=O) groups is 3. The molecule has 6 heteroatoms. The molecule has 0 N–H and O–H groups in total. The van der Waals surface area contributed by atoms with Crippen LogP contribution >= 0.6 is 0 Å². The van der Waals surface area contributed by atoms with Gasteiger partial charge in [-0.25, -0.2) is 0 Å². The van der Waals surface area contributed by atoms with Crippen LogP contribution in [0, 0.1) is 0 Å². The van der Waals surface area contributed by atoms with Crippen molar-refractivity contribution in [2.75, 3.05) is 13.2 Å². The van der Waals surface area contributed by atoms with E-state index in [2.05, 4.69) is 45.1 Å². The van der Waals surface area contributed by atoms with Crippen LogP contribution in [0.1, 0.15) is 393 Å². The number of ether oxygens (including phenoxy) is 3. The summed E-state index contributed by atoms with van der Waals surface area (Å²) in [5.41, 5.74) is 0. The van der Waals surface area contributed by atoms with Crippen LogP contribution in [0.4, 0.5) is 0 Å². The zero-order valence-corrected chi connectivity index (χ0v) is 52.3. The number of rotatable bonds is 65. The van der Waals surface area contributed by atoms with Crippen molar-refractivity contribution in [1.82, 2.24) is 0 Å². The van der Waals surface area contributed by atoms with E-state index in [0.717, 1.165) is 64.2 Å². The second-order valence-corrected chi connectivity index (χ2v) is 23.8. The zero-order valence-electron chi connectivity index (χ0n) is 52.3. The van der Waals surface area contributed by atoms with Crippen molar-refractivity contribution in [3.8, 4) is 0 Å². The monoisotopic (exact) mass is 1080 g/mol. The maximum atomic E-state index is 12.9. The fourth-order valence-electron chi connectivity index (χ4n) is 10.7. The van der Waals surface area contributed by atoms with Gasteiger partial charge in [-0.3, -0.25) is 14.4 Å². The molecule has 0 heterocycles. The van der Waals surface area contributed by atoms with Crippen LogP contribution in [0.2, 0.25) is 0 Å². The summed E-state index contributed by atoms with van der Waals surface area (Å²) in [4.78, 5) is 38.4. The van der Waals surface area contributed by atoms with Crippen LogP contribution < -0.4 is 0 Å². The topological polar surface area (TPSA) is 78.9 Å².